The summed E-state index contributed by atoms with van der Waals surface area (Å²) in [6.45, 7) is 7.15. The summed E-state index contributed by atoms with van der Waals surface area (Å²) in [5.74, 6) is -0.0404. The monoisotopic (exact) mass is 286 g/mol. The molecule has 110 valence electrons. The summed E-state index contributed by atoms with van der Waals surface area (Å²) in [5.41, 5.74) is 0.931. The molecule has 0 atom stereocenters. The molecule has 0 aliphatic carbocycles. The average Bonchev–Trinajstić information content (AvgIpc) is 2.54. The first-order valence-corrected chi connectivity index (χ1v) is 7.14. The number of piperazine rings is 1. The van der Waals surface area contributed by atoms with E-state index in [1.807, 2.05) is 0 Å². The van der Waals surface area contributed by atoms with E-state index < -0.39 is 5.97 Å². The van der Waals surface area contributed by atoms with Crippen molar-refractivity contribution in [3.63, 3.8) is 0 Å². The number of benzene rings is 1. The molecule has 1 aliphatic rings. The molecule has 1 N–H and O–H groups in total. The van der Waals surface area contributed by atoms with E-state index in [-0.39, 0.29) is 5.56 Å². The number of carboxylic acids is 1. The lowest BCUT2D eigenvalue weighted by Gasteiger charge is -2.35. The van der Waals surface area contributed by atoms with Crippen molar-refractivity contribution in [3.8, 4) is 0 Å². The van der Waals surface area contributed by atoms with Gasteiger partial charge in [0, 0.05) is 31.6 Å². The molecule has 0 saturated carbocycles. The van der Waals surface area contributed by atoms with Crippen LogP contribution in [0, 0.1) is 0 Å². The van der Waals surface area contributed by atoms with Gasteiger partial charge < -0.3 is 14.9 Å². The number of carboxylic acid groups (broad SMARTS) is 1. The van der Waals surface area contributed by atoms with Crippen LogP contribution in [0.3, 0.4) is 0 Å². The molecular weight excluding hydrogens is 268 g/mol. The highest BCUT2D eigenvalue weighted by atomic mass is 16.4. The minimum Gasteiger partial charge on any atom is -0.478 e. The van der Waals surface area contributed by atoms with E-state index in [2.05, 4.69) is 26.7 Å². The summed E-state index contributed by atoms with van der Waals surface area (Å²) >= 11 is 0. The zero-order valence-electron chi connectivity index (χ0n) is 12.0. The van der Waals surface area contributed by atoms with Crippen LogP contribution in [-0.4, -0.2) is 58.7 Å². The Labute approximate surface area is 123 Å². The zero-order chi connectivity index (χ0) is 14.8. The van der Waals surface area contributed by atoms with Gasteiger partial charge in [0.15, 0.2) is 0 Å². The number of hydrogen-bond donors (Lipinski definition) is 1. The molecule has 3 rings (SSSR count). The van der Waals surface area contributed by atoms with E-state index >= 15 is 0 Å². The van der Waals surface area contributed by atoms with Crippen molar-refractivity contribution in [2.24, 2.45) is 0 Å². The van der Waals surface area contributed by atoms with Gasteiger partial charge in [0.1, 0.15) is 12.1 Å². The van der Waals surface area contributed by atoms with Crippen molar-refractivity contribution in [2.45, 2.75) is 6.92 Å². The largest absolute Gasteiger partial charge is 0.478 e. The predicted molar refractivity (Wildman–Crippen MR) is 80.8 cm³/mol. The molecule has 1 saturated heterocycles. The minimum atomic E-state index is -0.936. The third-order valence-corrected chi connectivity index (χ3v) is 3.98. The number of aromatic nitrogens is 2. The van der Waals surface area contributed by atoms with Gasteiger partial charge in [-0.15, -0.1) is 0 Å². The van der Waals surface area contributed by atoms with Crippen LogP contribution in [0.1, 0.15) is 17.3 Å². The maximum atomic E-state index is 11.0. The van der Waals surface area contributed by atoms with E-state index in [1.165, 1.54) is 6.33 Å². The molecule has 0 amide bonds. The molecule has 6 heteroatoms. The first kappa shape index (κ1) is 13.8. The molecule has 1 aliphatic heterocycles. The Kier molecular flexibility index (Phi) is 3.70. The highest BCUT2D eigenvalue weighted by Crippen LogP contribution is 2.24. The fourth-order valence-corrected chi connectivity index (χ4v) is 2.70. The summed E-state index contributed by atoms with van der Waals surface area (Å²) in [7, 11) is 0. The van der Waals surface area contributed by atoms with Crippen molar-refractivity contribution < 1.29 is 9.90 Å². The number of fused-ring (bicyclic) bond motifs is 1. The van der Waals surface area contributed by atoms with Gasteiger partial charge in [0.05, 0.1) is 11.1 Å². The second kappa shape index (κ2) is 5.65. The third kappa shape index (κ3) is 2.67. The molecule has 1 fully saturated rings. The van der Waals surface area contributed by atoms with E-state index in [1.54, 1.807) is 18.2 Å². The number of anilines is 1. The number of likely N-dealkylation sites (N-methyl/N-ethyl adjacent to an activating group) is 1. The number of aromatic carboxylic acids is 1. The zero-order valence-corrected chi connectivity index (χ0v) is 12.0. The molecule has 1 aromatic heterocycles. The summed E-state index contributed by atoms with van der Waals surface area (Å²) in [4.78, 5) is 24.3. The van der Waals surface area contributed by atoms with E-state index in [9.17, 15) is 4.79 Å². The Morgan fingerprint density at radius 2 is 2.00 bits per heavy atom. The van der Waals surface area contributed by atoms with Gasteiger partial charge in [-0.1, -0.05) is 6.92 Å². The van der Waals surface area contributed by atoms with Gasteiger partial charge in [0.2, 0.25) is 0 Å². The number of hydrogen-bond acceptors (Lipinski definition) is 5. The topological polar surface area (TPSA) is 69.6 Å². The number of nitrogens with zero attached hydrogens (tertiary/aromatic N) is 4. The normalized spacial score (nSPS) is 16.3. The molecule has 0 bridgehead atoms. The first-order valence-electron chi connectivity index (χ1n) is 7.14. The maximum Gasteiger partial charge on any atom is 0.335 e. The Morgan fingerprint density at radius 3 is 2.67 bits per heavy atom. The highest BCUT2D eigenvalue weighted by Gasteiger charge is 2.19. The van der Waals surface area contributed by atoms with Crippen LogP contribution >= 0.6 is 0 Å². The van der Waals surface area contributed by atoms with Crippen molar-refractivity contribution in [3.05, 3.63) is 30.1 Å². The number of carbonyl (C=O) groups is 1. The van der Waals surface area contributed by atoms with Crippen molar-refractivity contribution in [1.29, 1.82) is 0 Å². The Bertz CT molecular complexity index is 666. The fourth-order valence-electron chi connectivity index (χ4n) is 2.70. The molecule has 2 aromatic rings. The van der Waals surface area contributed by atoms with Crippen LogP contribution in [0.2, 0.25) is 0 Å². The van der Waals surface area contributed by atoms with Crippen molar-refractivity contribution >= 4 is 22.7 Å². The molecule has 1 aromatic carbocycles. The minimum absolute atomic E-state index is 0.253. The second-order valence-corrected chi connectivity index (χ2v) is 5.16. The Balaban J connectivity index is 1.94. The van der Waals surface area contributed by atoms with Crippen LogP contribution in [0.25, 0.3) is 10.9 Å². The maximum absolute atomic E-state index is 11.0. The van der Waals surface area contributed by atoms with Crippen LogP contribution < -0.4 is 4.90 Å². The molecule has 0 spiro atoms. The van der Waals surface area contributed by atoms with Gasteiger partial charge in [-0.2, -0.15) is 0 Å². The van der Waals surface area contributed by atoms with Crippen LogP contribution in [0.15, 0.2) is 24.5 Å². The number of rotatable bonds is 3. The lowest BCUT2D eigenvalue weighted by molar-refractivity contribution is 0.0697. The quantitative estimate of drug-likeness (QED) is 0.921. The molecular formula is C15H18N4O2. The van der Waals surface area contributed by atoms with Crippen LogP contribution in [-0.2, 0) is 0 Å². The second-order valence-electron chi connectivity index (χ2n) is 5.16. The summed E-state index contributed by atoms with van der Waals surface area (Å²) in [5, 5.41) is 9.97. The fraction of sp³-hybridized carbons (Fsp3) is 0.400. The predicted octanol–water partition coefficient (Wildman–Crippen LogP) is 1.47. The molecule has 21 heavy (non-hydrogen) atoms. The van der Waals surface area contributed by atoms with E-state index in [0.717, 1.165) is 43.9 Å². The lowest BCUT2D eigenvalue weighted by Crippen LogP contribution is -2.46. The Hall–Kier alpha value is -2.21. The van der Waals surface area contributed by atoms with E-state index in [4.69, 9.17) is 5.11 Å². The first-order chi connectivity index (χ1) is 10.2. The molecule has 6 nitrogen and oxygen atoms in total. The van der Waals surface area contributed by atoms with Gasteiger partial charge in [-0.05, 0) is 24.7 Å². The lowest BCUT2D eigenvalue weighted by atomic mass is 10.1. The Morgan fingerprint density at radius 1 is 1.24 bits per heavy atom. The summed E-state index contributed by atoms with van der Waals surface area (Å²) in [6, 6.07) is 5.02. The van der Waals surface area contributed by atoms with Gasteiger partial charge >= 0.3 is 5.97 Å². The average molecular weight is 286 g/mol. The molecule has 0 radical (unpaired) electrons. The molecule has 0 unspecified atom stereocenters. The standard InChI is InChI=1S/C15H18N4O2/c1-2-18-5-7-19(8-6-18)14-12-4-3-11(15(20)21)9-13(12)16-10-17-14/h3-4,9-10H,2,5-8H2,1H3,(H,20,21). The van der Waals surface area contributed by atoms with Crippen molar-refractivity contribution in [2.75, 3.05) is 37.6 Å². The van der Waals surface area contributed by atoms with Crippen LogP contribution in [0.4, 0.5) is 5.82 Å². The van der Waals surface area contributed by atoms with Crippen molar-refractivity contribution in [1.82, 2.24) is 14.9 Å². The summed E-state index contributed by atoms with van der Waals surface area (Å²) < 4.78 is 0. The van der Waals surface area contributed by atoms with Gasteiger partial charge in [-0.3, -0.25) is 0 Å². The van der Waals surface area contributed by atoms with Gasteiger partial charge in [0.25, 0.3) is 0 Å². The molecule has 2 heterocycles. The smallest absolute Gasteiger partial charge is 0.335 e. The summed E-state index contributed by atoms with van der Waals surface area (Å²) in [6.07, 6.45) is 1.51. The van der Waals surface area contributed by atoms with E-state index in [0.29, 0.717) is 5.52 Å². The van der Waals surface area contributed by atoms with Crippen LogP contribution in [0.5, 0.6) is 0 Å². The SMILES string of the molecule is CCN1CCN(c2ncnc3cc(C(=O)O)ccc23)CC1. The highest BCUT2D eigenvalue weighted by molar-refractivity contribution is 5.96. The van der Waals surface area contributed by atoms with Gasteiger partial charge in [-0.25, -0.2) is 14.8 Å². The third-order valence-electron chi connectivity index (χ3n) is 3.98.